The highest BCUT2D eigenvalue weighted by Gasteiger charge is 2.28. The van der Waals surface area contributed by atoms with Gasteiger partial charge in [0.15, 0.2) is 0 Å². The first-order valence-corrected chi connectivity index (χ1v) is 7.60. The highest BCUT2D eigenvalue weighted by molar-refractivity contribution is 5.20. The van der Waals surface area contributed by atoms with Gasteiger partial charge in [-0.1, -0.05) is 36.8 Å². The molecule has 1 aliphatic carbocycles. The maximum absolute atomic E-state index is 6.30. The summed E-state index contributed by atoms with van der Waals surface area (Å²) in [5.41, 5.74) is 7.80. The summed E-state index contributed by atoms with van der Waals surface area (Å²) in [6, 6.07) is 11.3. The molecular formula is C17H27NO. The van der Waals surface area contributed by atoms with Crippen molar-refractivity contribution in [1.82, 2.24) is 0 Å². The van der Waals surface area contributed by atoms with Crippen LogP contribution in [-0.2, 0) is 4.74 Å². The molecular weight excluding hydrogens is 234 g/mol. The molecule has 1 aliphatic rings. The fourth-order valence-electron chi connectivity index (χ4n) is 3.30. The van der Waals surface area contributed by atoms with Crippen LogP contribution in [0.15, 0.2) is 30.3 Å². The minimum atomic E-state index is 0.405. The zero-order chi connectivity index (χ0) is 13.5. The number of rotatable bonds is 6. The minimum absolute atomic E-state index is 0.405. The molecule has 3 unspecified atom stereocenters. The summed E-state index contributed by atoms with van der Waals surface area (Å²) in [5.74, 6) is 1.41. The Kier molecular flexibility index (Phi) is 5.87. The highest BCUT2D eigenvalue weighted by Crippen LogP contribution is 2.37. The molecule has 2 heteroatoms. The average molecular weight is 261 g/mol. The van der Waals surface area contributed by atoms with Gasteiger partial charge in [-0.3, -0.25) is 0 Å². The average Bonchev–Trinajstić information content (AvgIpc) is 2.46. The van der Waals surface area contributed by atoms with Crippen molar-refractivity contribution in [3.05, 3.63) is 35.9 Å². The minimum Gasteiger partial charge on any atom is -0.385 e. The first-order chi connectivity index (χ1) is 9.31. The molecule has 0 heterocycles. The third-order valence-electron chi connectivity index (χ3n) is 4.49. The monoisotopic (exact) mass is 261 g/mol. The van der Waals surface area contributed by atoms with Crippen LogP contribution in [0.5, 0.6) is 0 Å². The van der Waals surface area contributed by atoms with Crippen LogP contribution in [0.2, 0.25) is 0 Å². The van der Waals surface area contributed by atoms with E-state index in [-0.39, 0.29) is 0 Å². The predicted molar refractivity (Wildman–Crippen MR) is 80.2 cm³/mol. The van der Waals surface area contributed by atoms with Crippen molar-refractivity contribution in [3.8, 4) is 0 Å². The number of hydrogen-bond donors (Lipinski definition) is 1. The molecule has 0 bridgehead atoms. The lowest BCUT2D eigenvalue weighted by Gasteiger charge is -2.34. The number of methoxy groups -OCH3 is 1. The van der Waals surface area contributed by atoms with E-state index in [9.17, 15) is 0 Å². The van der Waals surface area contributed by atoms with Gasteiger partial charge in [0.05, 0.1) is 0 Å². The van der Waals surface area contributed by atoms with Gasteiger partial charge in [-0.15, -0.1) is 0 Å². The van der Waals surface area contributed by atoms with E-state index in [0.717, 1.165) is 13.0 Å². The fraction of sp³-hybridized carbons (Fsp3) is 0.647. The summed E-state index contributed by atoms with van der Waals surface area (Å²) in [5, 5.41) is 0. The molecule has 1 aromatic carbocycles. The summed E-state index contributed by atoms with van der Waals surface area (Å²) in [6.45, 7) is 0.879. The van der Waals surface area contributed by atoms with Crippen molar-refractivity contribution in [2.24, 2.45) is 11.7 Å². The Balaban J connectivity index is 1.85. The summed E-state index contributed by atoms with van der Waals surface area (Å²) < 4.78 is 5.12. The van der Waals surface area contributed by atoms with E-state index in [4.69, 9.17) is 10.5 Å². The molecule has 3 atom stereocenters. The molecule has 0 saturated heterocycles. The lowest BCUT2D eigenvalue weighted by molar-refractivity contribution is 0.185. The third kappa shape index (κ3) is 4.32. The Morgan fingerprint density at radius 1 is 1.16 bits per heavy atom. The molecule has 106 valence electrons. The Labute approximate surface area is 117 Å². The standard InChI is InChI=1S/C17H27NO/c1-19-12-6-5-9-16-13-15(10-11-17(16)18)14-7-3-2-4-8-14/h2-4,7-8,15-17H,5-6,9-13,18H2,1H3. The van der Waals surface area contributed by atoms with Crippen molar-refractivity contribution >= 4 is 0 Å². The van der Waals surface area contributed by atoms with Crippen LogP contribution in [-0.4, -0.2) is 19.8 Å². The van der Waals surface area contributed by atoms with E-state index < -0.39 is 0 Å². The Morgan fingerprint density at radius 3 is 2.68 bits per heavy atom. The predicted octanol–water partition coefficient (Wildman–Crippen LogP) is 3.71. The van der Waals surface area contributed by atoms with Crippen LogP contribution in [0, 0.1) is 5.92 Å². The Bertz CT molecular complexity index is 352. The maximum atomic E-state index is 6.30. The molecule has 1 aromatic rings. The van der Waals surface area contributed by atoms with E-state index in [1.54, 1.807) is 7.11 Å². The van der Waals surface area contributed by atoms with Crippen LogP contribution >= 0.6 is 0 Å². The second-order valence-corrected chi connectivity index (χ2v) is 5.83. The zero-order valence-corrected chi connectivity index (χ0v) is 12.1. The lowest BCUT2D eigenvalue weighted by atomic mass is 9.74. The first-order valence-electron chi connectivity index (χ1n) is 7.60. The van der Waals surface area contributed by atoms with E-state index in [0.29, 0.717) is 17.9 Å². The molecule has 0 radical (unpaired) electrons. The van der Waals surface area contributed by atoms with Crippen LogP contribution in [0.3, 0.4) is 0 Å². The number of unbranched alkanes of at least 4 members (excludes halogenated alkanes) is 1. The van der Waals surface area contributed by atoms with Crippen molar-refractivity contribution < 1.29 is 4.74 Å². The van der Waals surface area contributed by atoms with Crippen molar-refractivity contribution in [2.75, 3.05) is 13.7 Å². The largest absolute Gasteiger partial charge is 0.385 e. The quantitative estimate of drug-likeness (QED) is 0.792. The number of benzene rings is 1. The van der Waals surface area contributed by atoms with Crippen molar-refractivity contribution in [3.63, 3.8) is 0 Å². The normalized spacial score (nSPS) is 27.4. The van der Waals surface area contributed by atoms with Gasteiger partial charge in [0, 0.05) is 19.8 Å². The van der Waals surface area contributed by atoms with E-state index in [1.807, 2.05) is 0 Å². The smallest absolute Gasteiger partial charge is 0.0462 e. The van der Waals surface area contributed by atoms with Gasteiger partial charge in [-0.2, -0.15) is 0 Å². The number of hydrogen-bond acceptors (Lipinski definition) is 2. The fourth-order valence-corrected chi connectivity index (χ4v) is 3.30. The molecule has 19 heavy (non-hydrogen) atoms. The SMILES string of the molecule is COCCCCC1CC(c2ccccc2)CCC1N. The first kappa shape index (κ1) is 14.5. The highest BCUT2D eigenvalue weighted by atomic mass is 16.5. The van der Waals surface area contributed by atoms with Gasteiger partial charge < -0.3 is 10.5 Å². The second kappa shape index (κ2) is 7.66. The topological polar surface area (TPSA) is 35.2 Å². The molecule has 0 aromatic heterocycles. The molecule has 2 nitrogen and oxygen atoms in total. The van der Waals surface area contributed by atoms with Gasteiger partial charge in [-0.05, 0) is 49.5 Å². The van der Waals surface area contributed by atoms with Gasteiger partial charge in [0.2, 0.25) is 0 Å². The number of nitrogens with two attached hydrogens (primary N) is 1. The van der Waals surface area contributed by atoms with E-state index >= 15 is 0 Å². The van der Waals surface area contributed by atoms with Gasteiger partial charge in [0.25, 0.3) is 0 Å². The zero-order valence-electron chi connectivity index (χ0n) is 12.1. The van der Waals surface area contributed by atoms with Crippen LogP contribution < -0.4 is 5.73 Å². The molecule has 1 fully saturated rings. The van der Waals surface area contributed by atoms with Crippen LogP contribution in [0.1, 0.15) is 50.0 Å². The van der Waals surface area contributed by atoms with Crippen molar-refractivity contribution in [2.45, 2.75) is 50.5 Å². The van der Waals surface area contributed by atoms with E-state index in [1.165, 1.54) is 37.7 Å². The Hall–Kier alpha value is -0.860. The lowest BCUT2D eigenvalue weighted by Crippen LogP contribution is -2.35. The van der Waals surface area contributed by atoms with E-state index in [2.05, 4.69) is 30.3 Å². The number of ether oxygens (including phenoxy) is 1. The van der Waals surface area contributed by atoms with Crippen molar-refractivity contribution in [1.29, 1.82) is 0 Å². The van der Waals surface area contributed by atoms with Crippen LogP contribution in [0.4, 0.5) is 0 Å². The molecule has 2 rings (SSSR count). The van der Waals surface area contributed by atoms with Gasteiger partial charge in [-0.25, -0.2) is 0 Å². The van der Waals surface area contributed by atoms with Gasteiger partial charge in [0.1, 0.15) is 0 Å². The summed E-state index contributed by atoms with van der Waals surface area (Å²) >= 11 is 0. The molecule has 0 aliphatic heterocycles. The summed E-state index contributed by atoms with van der Waals surface area (Å²) in [4.78, 5) is 0. The Morgan fingerprint density at radius 2 is 1.95 bits per heavy atom. The molecule has 1 saturated carbocycles. The molecule has 0 spiro atoms. The maximum Gasteiger partial charge on any atom is 0.0462 e. The van der Waals surface area contributed by atoms with Gasteiger partial charge >= 0.3 is 0 Å². The third-order valence-corrected chi connectivity index (χ3v) is 4.49. The second-order valence-electron chi connectivity index (χ2n) is 5.83. The molecule has 0 amide bonds. The summed E-state index contributed by atoms with van der Waals surface area (Å²) in [7, 11) is 1.78. The summed E-state index contributed by atoms with van der Waals surface area (Å²) in [6.07, 6.45) is 7.35. The van der Waals surface area contributed by atoms with Crippen LogP contribution in [0.25, 0.3) is 0 Å². The molecule has 2 N–H and O–H groups in total.